The van der Waals surface area contributed by atoms with E-state index in [0.717, 1.165) is 16.5 Å². The molecule has 2 N–H and O–H groups in total. The molecule has 0 radical (unpaired) electrons. The van der Waals surface area contributed by atoms with E-state index in [4.69, 9.17) is 5.73 Å². The van der Waals surface area contributed by atoms with Crippen LogP contribution in [0.25, 0.3) is 10.9 Å². The van der Waals surface area contributed by atoms with E-state index in [1.54, 1.807) is 0 Å². The van der Waals surface area contributed by atoms with Gasteiger partial charge in [-0.2, -0.15) is 0 Å². The Morgan fingerprint density at radius 2 is 1.87 bits per heavy atom. The van der Waals surface area contributed by atoms with Crippen LogP contribution in [-0.2, 0) is 0 Å². The van der Waals surface area contributed by atoms with Gasteiger partial charge in [0.2, 0.25) is 0 Å². The summed E-state index contributed by atoms with van der Waals surface area (Å²) in [4.78, 5) is 4.32. The maximum Gasteiger partial charge on any atom is 0.0702 e. The zero-order chi connectivity index (χ0) is 11.3. The smallest absolute Gasteiger partial charge is 0.0702 e. The second kappa shape index (κ2) is 5.47. The molecule has 2 nitrogen and oxygen atoms in total. The maximum absolute atomic E-state index is 5.76. The lowest BCUT2D eigenvalue weighted by Gasteiger charge is -2.05. The number of nitrogens with zero attached hydrogens (tertiary/aromatic N) is 1. The highest BCUT2D eigenvalue weighted by atomic mass is 14.7. The molecule has 15 heavy (non-hydrogen) atoms. The predicted molar refractivity (Wildman–Crippen MR) is 65.7 cm³/mol. The molecule has 0 saturated carbocycles. The van der Waals surface area contributed by atoms with Crippen LogP contribution in [0.1, 0.15) is 32.4 Å². The average Bonchev–Trinajstić information content (AvgIpc) is 2.31. The number of fused-ring (bicyclic) bond motifs is 1. The summed E-state index contributed by atoms with van der Waals surface area (Å²) >= 11 is 0. The van der Waals surface area contributed by atoms with Crippen LogP contribution < -0.4 is 5.73 Å². The number of pyridine rings is 1. The molecule has 0 aliphatic rings. The highest BCUT2D eigenvalue weighted by molar-refractivity contribution is 5.78. The monoisotopic (exact) mass is 202 g/mol. The van der Waals surface area contributed by atoms with Crippen LogP contribution in [0.5, 0.6) is 0 Å². The van der Waals surface area contributed by atoms with Crippen LogP contribution in [0.3, 0.4) is 0 Å². The molecule has 0 saturated heterocycles. The topological polar surface area (TPSA) is 38.9 Å². The molecular weight excluding hydrogens is 184 g/mol. The summed E-state index contributed by atoms with van der Waals surface area (Å²) in [6.07, 6.45) is 1.84. The number of hydrogen-bond donors (Lipinski definition) is 1. The lowest BCUT2D eigenvalue weighted by Crippen LogP contribution is -2.04. The first kappa shape index (κ1) is 11.7. The minimum Gasteiger partial charge on any atom is -0.324 e. The fourth-order valence-corrected chi connectivity index (χ4v) is 1.34. The van der Waals surface area contributed by atoms with E-state index in [1.807, 2.05) is 51.2 Å². The van der Waals surface area contributed by atoms with Gasteiger partial charge in [0.15, 0.2) is 0 Å². The maximum atomic E-state index is 5.76. The van der Waals surface area contributed by atoms with E-state index in [1.165, 1.54) is 0 Å². The van der Waals surface area contributed by atoms with Gasteiger partial charge in [-0.1, -0.05) is 32.0 Å². The van der Waals surface area contributed by atoms with E-state index in [9.17, 15) is 0 Å². The van der Waals surface area contributed by atoms with Gasteiger partial charge < -0.3 is 5.73 Å². The first-order chi connectivity index (χ1) is 7.27. The van der Waals surface area contributed by atoms with Crippen molar-refractivity contribution in [2.75, 3.05) is 0 Å². The van der Waals surface area contributed by atoms with Gasteiger partial charge in [0.25, 0.3) is 0 Å². The Labute approximate surface area is 91.1 Å². The summed E-state index contributed by atoms with van der Waals surface area (Å²) in [6, 6.07) is 10.2. The quantitative estimate of drug-likeness (QED) is 0.770. The average molecular weight is 202 g/mol. The number of hydrogen-bond acceptors (Lipinski definition) is 2. The first-order valence-electron chi connectivity index (χ1n) is 5.37. The molecule has 0 bridgehead atoms. The fraction of sp³-hybridized carbons (Fsp3) is 0.308. The van der Waals surface area contributed by atoms with Crippen molar-refractivity contribution in [3.05, 3.63) is 42.1 Å². The molecule has 1 aromatic heterocycles. The summed E-state index contributed by atoms with van der Waals surface area (Å²) in [5.41, 5.74) is 7.87. The number of para-hydroxylation sites is 1. The van der Waals surface area contributed by atoms with Crippen molar-refractivity contribution in [2.45, 2.75) is 26.8 Å². The summed E-state index contributed by atoms with van der Waals surface area (Å²) in [6.45, 7) is 5.96. The third kappa shape index (κ3) is 2.77. The van der Waals surface area contributed by atoms with Crippen molar-refractivity contribution >= 4 is 10.9 Å². The Morgan fingerprint density at radius 3 is 2.53 bits per heavy atom. The van der Waals surface area contributed by atoms with Crippen molar-refractivity contribution < 1.29 is 0 Å². The summed E-state index contributed by atoms with van der Waals surface area (Å²) in [7, 11) is 0. The normalized spacial score (nSPS) is 11.7. The molecule has 80 valence electrons. The lowest BCUT2D eigenvalue weighted by molar-refractivity contribution is 0.814. The molecule has 0 aliphatic heterocycles. The van der Waals surface area contributed by atoms with E-state index in [2.05, 4.69) is 11.1 Å². The zero-order valence-electron chi connectivity index (χ0n) is 9.57. The molecule has 2 aromatic rings. The number of rotatable bonds is 1. The van der Waals surface area contributed by atoms with Crippen LogP contribution in [0.2, 0.25) is 0 Å². The van der Waals surface area contributed by atoms with Crippen LogP contribution >= 0.6 is 0 Å². The summed E-state index contributed by atoms with van der Waals surface area (Å²) in [5.74, 6) is 0. The highest BCUT2D eigenvalue weighted by Gasteiger charge is 2.00. The number of nitrogens with two attached hydrogens (primary N) is 1. The number of benzene rings is 1. The second-order valence-electron chi connectivity index (χ2n) is 3.25. The Bertz CT molecular complexity index is 422. The molecule has 0 aliphatic carbocycles. The second-order valence-corrected chi connectivity index (χ2v) is 3.25. The Kier molecular flexibility index (Phi) is 4.25. The molecule has 2 rings (SSSR count). The third-order valence-electron chi connectivity index (χ3n) is 2.14. The van der Waals surface area contributed by atoms with Crippen molar-refractivity contribution in [1.29, 1.82) is 0 Å². The summed E-state index contributed by atoms with van der Waals surface area (Å²) < 4.78 is 0. The minimum atomic E-state index is 0.0529. The minimum absolute atomic E-state index is 0.0529. The van der Waals surface area contributed by atoms with Gasteiger partial charge in [-0.05, 0) is 24.6 Å². The van der Waals surface area contributed by atoms with Gasteiger partial charge in [0.05, 0.1) is 5.52 Å². The van der Waals surface area contributed by atoms with E-state index in [0.29, 0.717) is 0 Å². The van der Waals surface area contributed by atoms with Crippen LogP contribution in [0, 0.1) is 0 Å². The van der Waals surface area contributed by atoms with E-state index >= 15 is 0 Å². The van der Waals surface area contributed by atoms with E-state index < -0.39 is 0 Å². The van der Waals surface area contributed by atoms with Gasteiger partial charge in [-0.15, -0.1) is 0 Å². The fourth-order valence-electron chi connectivity index (χ4n) is 1.34. The first-order valence-corrected chi connectivity index (χ1v) is 5.37. The lowest BCUT2D eigenvalue weighted by atomic mass is 10.1. The Balaban J connectivity index is 0.000000531. The SMILES string of the molecule is CC.C[C@@H](N)c1cnc2ccccc2c1. The van der Waals surface area contributed by atoms with Gasteiger partial charge in [-0.3, -0.25) is 4.98 Å². The van der Waals surface area contributed by atoms with Gasteiger partial charge in [0.1, 0.15) is 0 Å². The molecule has 1 heterocycles. The molecule has 0 amide bonds. The van der Waals surface area contributed by atoms with Crippen LogP contribution in [-0.4, -0.2) is 4.98 Å². The predicted octanol–water partition coefficient (Wildman–Crippen LogP) is 3.28. The van der Waals surface area contributed by atoms with E-state index in [-0.39, 0.29) is 6.04 Å². The molecule has 1 aromatic carbocycles. The van der Waals surface area contributed by atoms with Crippen LogP contribution in [0.4, 0.5) is 0 Å². The molecule has 0 fully saturated rings. The Morgan fingerprint density at radius 1 is 1.20 bits per heavy atom. The highest BCUT2D eigenvalue weighted by Crippen LogP contribution is 2.15. The molecular formula is C13H18N2. The van der Waals surface area contributed by atoms with Crippen molar-refractivity contribution in [3.8, 4) is 0 Å². The summed E-state index contributed by atoms with van der Waals surface area (Å²) in [5, 5.41) is 1.15. The van der Waals surface area contributed by atoms with Crippen molar-refractivity contribution in [3.63, 3.8) is 0 Å². The van der Waals surface area contributed by atoms with Gasteiger partial charge in [-0.25, -0.2) is 0 Å². The Hall–Kier alpha value is -1.41. The van der Waals surface area contributed by atoms with Gasteiger partial charge in [0, 0.05) is 17.6 Å². The standard InChI is InChI=1S/C11H12N2.C2H6/c1-8(12)10-6-9-4-2-3-5-11(9)13-7-10;1-2/h2-8H,12H2,1H3;1-2H3/t8-;/m1./s1. The van der Waals surface area contributed by atoms with Crippen molar-refractivity contribution in [1.82, 2.24) is 4.98 Å². The molecule has 0 unspecified atom stereocenters. The van der Waals surface area contributed by atoms with Crippen LogP contribution in [0.15, 0.2) is 36.5 Å². The molecule has 1 atom stereocenters. The largest absolute Gasteiger partial charge is 0.324 e. The molecule has 0 spiro atoms. The van der Waals surface area contributed by atoms with Crippen molar-refractivity contribution in [2.24, 2.45) is 5.73 Å². The third-order valence-corrected chi connectivity index (χ3v) is 2.14. The number of aromatic nitrogens is 1. The zero-order valence-corrected chi connectivity index (χ0v) is 9.57. The molecule has 2 heteroatoms. The van der Waals surface area contributed by atoms with Gasteiger partial charge >= 0.3 is 0 Å².